The highest BCUT2D eigenvalue weighted by Crippen LogP contribution is 2.19. The number of hydrogen-bond acceptors (Lipinski definition) is 3. The van der Waals surface area contributed by atoms with Gasteiger partial charge >= 0.3 is 0 Å². The summed E-state index contributed by atoms with van der Waals surface area (Å²) in [6.45, 7) is 0. The molecular weight excluding hydrogens is 219 g/mol. The summed E-state index contributed by atoms with van der Waals surface area (Å²) in [7, 11) is 0. The molecule has 0 unspecified atom stereocenters. The van der Waals surface area contributed by atoms with Crippen molar-refractivity contribution in [3.63, 3.8) is 0 Å². The van der Waals surface area contributed by atoms with Gasteiger partial charge in [-0.25, -0.2) is 4.39 Å². The van der Waals surface area contributed by atoms with Crippen molar-refractivity contribution in [1.82, 2.24) is 14.6 Å². The minimum atomic E-state index is -0.303. The number of pyridine rings is 1. The van der Waals surface area contributed by atoms with Gasteiger partial charge in [0.1, 0.15) is 5.82 Å². The SMILES string of the molecule is Nc1ccc2nnc(-c3cccc(F)c3)n2c1. The standard InChI is InChI=1S/C12H9FN4/c13-9-3-1-2-8(6-9)12-16-15-11-5-4-10(14)7-17(11)12/h1-7H,14H2. The summed E-state index contributed by atoms with van der Waals surface area (Å²) < 4.78 is 14.9. The maximum absolute atomic E-state index is 13.2. The predicted molar refractivity (Wildman–Crippen MR) is 62.8 cm³/mol. The van der Waals surface area contributed by atoms with Crippen LogP contribution in [0.25, 0.3) is 17.0 Å². The summed E-state index contributed by atoms with van der Waals surface area (Å²) in [6.07, 6.45) is 1.72. The van der Waals surface area contributed by atoms with Crippen LogP contribution >= 0.6 is 0 Å². The van der Waals surface area contributed by atoms with Gasteiger partial charge in [0, 0.05) is 17.4 Å². The second kappa shape index (κ2) is 3.55. The summed E-state index contributed by atoms with van der Waals surface area (Å²) in [5.74, 6) is 0.273. The zero-order chi connectivity index (χ0) is 11.8. The summed E-state index contributed by atoms with van der Waals surface area (Å²) in [4.78, 5) is 0. The smallest absolute Gasteiger partial charge is 0.168 e. The average Bonchev–Trinajstić information content (AvgIpc) is 2.71. The Bertz CT molecular complexity index is 690. The maximum Gasteiger partial charge on any atom is 0.168 e. The molecule has 2 heterocycles. The molecule has 0 amide bonds. The van der Waals surface area contributed by atoms with Crippen molar-refractivity contribution >= 4 is 11.3 Å². The fourth-order valence-electron chi connectivity index (χ4n) is 1.73. The van der Waals surface area contributed by atoms with Crippen LogP contribution in [0.1, 0.15) is 0 Å². The number of halogens is 1. The number of aromatic nitrogens is 3. The monoisotopic (exact) mass is 228 g/mol. The molecule has 0 atom stereocenters. The van der Waals surface area contributed by atoms with Crippen molar-refractivity contribution in [3.05, 3.63) is 48.4 Å². The van der Waals surface area contributed by atoms with E-state index in [1.54, 1.807) is 34.9 Å². The van der Waals surface area contributed by atoms with Crippen LogP contribution in [0.2, 0.25) is 0 Å². The van der Waals surface area contributed by atoms with E-state index < -0.39 is 0 Å². The van der Waals surface area contributed by atoms with Crippen molar-refractivity contribution in [2.24, 2.45) is 0 Å². The molecule has 5 heteroatoms. The molecule has 0 bridgehead atoms. The van der Waals surface area contributed by atoms with E-state index in [4.69, 9.17) is 5.73 Å². The highest BCUT2D eigenvalue weighted by molar-refractivity contribution is 5.61. The number of nitrogens with zero attached hydrogens (tertiary/aromatic N) is 3. The summed E-state index contributed by atoms with van der Waals surface area (Å²) in [6, 6.07) is 9.74. The van der Waals surface area contributed by atoms with E-state index in [9.17, 15) is 4.39 Å². The molecule has 1 aromatic carbocycles. The third kappa shape index (κ3) is 1.61. The topological polar surface area (TPSA) is 56.2 Å². The fourth-order valence-corrected chi connectivity index (χ4v) is 1.73. The third-order valence-corrected chi connectivity index (χ3v) is 2.51. The summed E-state index contributed by atoms with van der Waals surface area (Å²) in [5, 5.41) is 8.04. The van der Waals surface area contributed by atoms with E-state index in [0.29, 0.717) is 22.7 Å². The van der Waals surface area contributed by atoms with Gasteiger partial charge in [-0.2, -0.15) is 0 Å². The number of fused-ring (bicyclic) bond motifs is 1. The summed E-state index contributed by atoms with van der Waals surface area (Å²) >= 11 is 0. The van der Waals surface area contributed by atoms with Crippen LogP contribution in [0.15, 0.2) is 42.6 Å². The second-order valence-electron chi connectivity index (χ2n) is 3.72. The normalized spacial score (nSPS) is 10.9. The lowest BCUT2D eigenvalue weighted by molar-refractivity contribution is 0.628. The first-order valence-electron chi connectivity index (χ1n) is 5.10. The molecule has 17 heavy (non-hydrogen) atoms. The van der Waals surface area contributed by atoms with Crippen molar-refractivity contribution < 1.29 is 4.39 Å². The van der Waals surface area contributed by atoms with E-state index in [-0.39, 0.29) is 5.82 Å². The lowest BCUT2D eigenvalue weighted by atomic mass is 10.2. The zero-order valence-electron chi connectivity index (χ0n) is 8.84. The first-order valence-corrected chi connectivity index (χ1v) is 5.10. The summed E-state index contributed by atoms with van der Waals surface area (Å²) in [5.41, 5.74) is 7.66. The molecule has 0 aliphatic rings. The highest BCUT2D eigenvalue weighted by Gasteiger charge is 2.08. The average molecular weight is 228 g/mol. The molecule has 0 radical (unpaired) electrons. The van der Waals surface area contributed by atoms with Gasteiger partial charge in [-0.05, 0) is 24.3 Å². The van der Waals surface area contributed by atoms with E-state index in [1.807, 2.05) is 0 Å². The minimum Gasteiger partial charge on any atom is -0.398 e. The second-order valence-corrected chi connectivity index (χ2v) is 3.72. The Kier molecular flexibility index (Phi) is 2.04. The minimum absolute atomic E-state index is 0.303. The largest absolute Gasteiger partial charge is 0.398 e. The van der Waals surface area contributed by atoms with Crippen molar-refractivity contribution in [1.29, 1.82) is 0 Å². The molecule has 0 aliphatic carbocycles. The molecule has 84 valence electrons. The predicted octanol–water partition coefficient (Wildman–Crippen LogP) is 2.12. The van der Waals surface area contributed by atoms with Gasteiger partial charge in [0.15, 0.2) is 11.5 Å². The first kappa shape index (κ1) is 9.77. The van der Waals surface area contributed by atoms with E-state index >= 15 is 0 Å². The van der Waals surface area contributed by atoms with E-state index in [1.165, 1.54) is 12.1 Å². The molecule has 2 aromatic heterocycles. The van der Waals surface area contributed by atoms with E-state index in [2.05, 4.69) is 10.2 Å². The van der Waals surface area contributed by atoms with Crippen molar-refractivity contribution in [2.45, 2.75) is 0 Å². The number of anilines is 1. The van der Waals surface area contributed by atoms with Gasteiger partial charge in [-0.15, -0.1) is 10.2 Å². The van der Waals surface area contributed by atoms with Crippen molar-refractivity contribution in [3.8, 4) is 11.4 Å². The Morgan fingerprint density at radius 1 is 1.12 bits per heavy atom. The molecule has 0 saturated heterocycles. The van der Waals surface area contributed by atoms with Gasteiger partial charge in [-0.1, -0.05) is 12.1 Å². The Morgan fingerprint density at radius 2 is 2.00 bits per heavy atom. The van der Waals surface area contributed by atoms with Crippen molar-refractivity contribution in [2.75, 3.05) is 5.73 Å². The number of nitrogen functional groups attached to an aromatic ring is 1. The van der Waals surface area contributed by atoms with E-state index in [0.717, 1.165) is 0 Å². The number of rotatable bonds is 1. The van der Waals surface area contributed by atoms with Crippen LogP contribution in [0, 0.1) is 5.82 Å². The quantitative estimate of drug-likeness (QED) is 0.694. The molecule has 0 saturated carbocycles. The van der Waals surface area contributed by atoms with Gasteiger partial charge in [-0.3, -0.25) is 4.40 Å². The molecular formula is C12H9FN4. The number of benzene rings is 1. The lowest BCUT2D eigenvalue weighted by Crippen LogP contribution is -1.93. The molecule has 0 spiro atoms. The highest BCUT2D eigenvalue weighted by atomic mass is 19.1. The van der Waals surface area contributed by atoms with Gasteiger partial charge in [0.25, 0.3) is 0 Å². The molecule has 4 nitrogen and oxygen atoms in total. The molecule has 3 rings (SSSR count). The lowest BCUT2D eigenvalue weighted by Gasteiger charge is -2.01. The Balaban J connectivity index is 2.27. The van der Waals surface area contributed by atoms with Gasteiger partial charge in [0.2, 0.25) is 0 Å². The Labute approximate surface area is 96.5 Å². The number of hydrogen-bond donors (Lipinski definition) is 1. The van der Waals surface area contributed by atoms with Gasteiger partial charge in [0.05, 0.1) is 0 Å². The fraction of sp³-hybridized carbons (Fsp3) is 0. The Morgan fingerprint density at radius 3 is 2.82 bits per heavy atom. The molecule has 3 aromatic rings. The zero-order valence-corrected chi connectivity index (χ0v) is 8.84. The Hall–Kier alpha value is -2.43. The van der Waals surface area contributed by atoms with Crippen LogP contribution in [-0.2, 0) is 0 Å². The van der Waals surface area contributed by atoms with Crippen LogP contribution in [0.3, 0.4) is 0 Å². The third-order valence-electron chi connectivity index (χ3n) is 2.51. The van der Waals surface area contributed by atoms with Crippen LogP contribution in [0.4, 0.5) is 10.1 Å². The number of nitrogens with two attached hydrogens (primary N) is 1. The maximum atomic E-state index is 13.2. The molecule has 2 N–H and O–H groups in total. The molecule has 0 fully saturated rings. The van der Waals surface area contributed by atoms with Crippen LogP contribution in [-0.4, -0.2) is 14.6 Å². The first-order chi connectivity index (χ1) is 8.24. The van der Waals surface area contributed by atoms with Crippen LogP contribution in [0.5, 0.6) is 0 Å². The van der Waals surface area contributed by atoms with Gasteiger partial charge < -0.3 is 5.73 Å². The van der Waals surface area contributed by atoms with Crippen LogP contribution < -0.4 is 5.73 Å². The molecule has 0 aliphatic heterocycles.